The van der Waals surface area contributed by atoms with E-state index >= 15 is 0 Å². The second-order valence-corrected chi connectivity index (χ2v) is 21.2. The van der Waals surface area contributed by atoms with Crippen LogP contribution in [0.3, 0.4) is 0 Å². The molecule has 0 aliphatic rings. The number of halogens is 1. The Hall–Kier alpha value is 0.650. The molecule has 0 fully saturated rings. The van der Waals surface area contributed by atoms with Crippen LogP contribution in [0.1, 0.15) is 234 Å². The van der Waals surface area contributed by atoms with Gasteiger partial charge >= 0.3 is 237 Å². The molecule has 0 bridgehead atoms. The van der Waals surface area contributed by atoms with Gasteiger partial charge in [-0.05, 0) is 0 Å². The first-order chi connectivity index (χ1) is 21.1. The summed E-state index contributed by atoms with van der Waals surface area (Å²) in [7, 11) is 0. The number of unbranched alkanes of at least 4 members (excludes halogenated alkanes) is 26. The summed E-state index contributed by atoms with van der Waals surface area (Å²) < 4.78 is 0. The van der Waals surface area contributed by atoms with E-state index in [0.717, 1.165) is 0 Å². The van der Waals surface area contributed by atoms with E-state index < -0.39 is 6.60 Å². The van der Waals surface area contributed by atoms with Crippen molar-refractivity contribution >= 4 is 23.6 Å². The fourth-order valence-electron chi connectivity index (χ4n) is 7.58. The van der Waals surface area contributed by atoms with Crippen LogP contribution in [0, 0.1) is 0 Å². The molecule has 44 heavy (non-hydrogen) atoms. The fourth-order valence-corrected chi connectivity index (χ4v) is 14.8. The Morgan fingerprint density at radius 1 is 0.295 bits per heavy atom. The quantitative estimate of drug-likeness (QED) is 0.0450. The van der Waals surface area contributed by atoms with Gasteiger partial charge in [-0.2, -0.15) is 0 Å². The van der Waals surface area contributed by atoms with Gasteiger partial charge in [-0.3, -0.25) is 0 Å². The Labute approximate surface area is 292 Å². The molecule has 0 aromatic heterocycles. The molecule has 2 heteroatoms. The fraction of sp³-hybridized carbons (Fsp3) is 0.952. The van der Waals surface area contributed by atoms with Crippen LogP contribution in [0.15, 0.2) is 11.9 Å². The molecule has 0 spiro atoms. The zero-order valence-corrected chi connectivity index (χ0v) is 34.4. The molecule has 0 atom stereocenters. The van der Waals surface area contributed by atoms with E-state index in [-0.39, 0.29) is 17.0 Å². The third-order valence-corrected chi connectivity index (χ3v) is 17.9. The van der Waals surface area contributed by atoms with E-state index in [1.807, 2.05) is 0 Å². The van der Waals surface area contributed by atoms with Crippen molar-refractivity contribution in [1.29, 1.82) is 0 Å². The second-order valence-electron chi connectivity index (χ2n) is 15.0. The smallest absolute Gasteiger partial charge is 0.0654 e. The van der Waals surface area contributed by atoms with Crippen LogP contribution in [0.4, 0.5) is 0 Å². The van der Waals surface area contributed by atoms with Crippen molar-refractivity contribution < 1.29 is 0 Å². The molecule has 0 heterocycles. The normalized spacial score (nSPS) is 12.9. The topological polar surface area (TPSA) is 0 Å². The first kappa shape index (κ1) is 46.8. The SMILES string of the molecule is Br.CCCCCCCCCCCCC=CP(CCCC)(CCCC)(CCCC)CCCCCCCCCCCCCCCC. The molecule has 0 nitrogen and oxygen atoms in total. The summed E-state index contributed by atoms with van der Waals surface area (Å²) >= 11 is 0. The number of hydrogen-bond acceptors (Lipinski definition) is 0. The predicted molar refractivity (Wildman–Crippen MR) is 217 cm³/mol. The minimum Gasteiger partial charge on any atom is -0.0654 e. The molecule has 268 valence electrons. The Morgan fingerprint density at radius 3 is 0.864 bits per heavy atom. The van der Waals surface area contributed by atoms with Crippen molar-refractivity contribution in [2.75, 3.05) is 24.6 Å². The molecular weight excluding hydrogens is 615 g/mol. The summed E-state index contributed by atoms with van der Waals surface area (Å²) in [5.41, 5.74) is 0. The third-order valence-electron chi connectivity index (χ3n) is 10.7. The van der Waals surface area contributed by atoms with Gasteiger partial charge in [-0.15, -0.1) is 17.0 Å². The van der Waals surface area contributed by atoms with Crippen LogP contribution in [0.2, 0.25) is 0 Å². The molecule has 0 aliphatic heterocycles. The molecule has 0 rings (SSSR count). The van der Waals surface area contributed by atoms with Gasteiger partial charge in [-0.25, -0.2) is 0 Å². The van der Waals surface area contributed by atoms with E-state index in [1.165, 1.54) is 199 Å². The van der Waals surface area contributed by atoms with E-state index in [4.69, 9.17) is 0 Å². The van der Waals surface area contributed by atoms with E-state index in [1.54, 1.807) is 24.6 Å². The van der Waals surface area contributed by atoms with Crippen molar-refractivity contribution in [3.63, 3.8) is 0 Å². The van der Waals surface area contributed by atoms with E-state index in [0.29, 0.717) is 0 Å². The third kappa shape index (κ3) is 26.7. The maximum absolute atomic E-state index is 2.99. The van der Waals surface area contributed by atoms with Crippen molar-refractivity contribution in [3.8, 4) is 0 Å². The van der Waals surface area contributed by atoms with Crippen LogP contribution >= 0.6 is 23.6 Å². The van der Waals surface area contributed by atoms with Crippen molar-refractivity contribution in [3.05, 3.63) is 11.9 Å². The molecule has 0 saturated heterocycles. The Balaban J connectivity index is 0. The summed E-state index contributed by atoms with van der Waals surface area (Å²) in [6.07, 6.45) is 54.0. The minimum atomic E-state index is -1.79. The van der Waals surface area contributed by atoms with Gasteiger partial charge in [0.1, 0.15) is 0 Å². The number of allylic oxidation sites excluding steroid dienone is 1. The standard InChI is InChI=1S/C42H87P.BrH/c1-6-11-16-18-20-22-24-26-27-29-31-33-35-37-42-43(38-13-8-3,39-14-9-4,40-15-10-5)41-36-34-32-30-28-25-23-21-19-17-12-7-2;/h36,41H,6-35,37-40,42H2,1-5H3;1H. The van der Waals surface area contributed by atoms with Crippen LogP contribution < -0.4 is 0 Å². The first-order valence-corrected chi connectivity index (χ1v) is 23.8. The van der Waals surface area contributed by atoms with Gasteiger partial charge in [0, 0.05) is 0 Å². The summed E-state index contributed by atoms with van der Waals surface area (Å²) in [5.74, 6) is 2.99. The van der Waals surface area contributed by atoms with Crippen molar-refractivity contribution in [2.24, 2.45) is 0 Å². The average molecular weight is 704 g/mol. The van der Waals surface area contributed by atoms with Gasteiger partial charge in [0.05, 0.1) is 0 Å². The molecule has 0 aromatic carbocycles. The molecule has 0 aliphatic carbocycles. The second kappa shape index (κ2) is 35.0. The van der Waals surface area contributed by atoms with Crippen molar-refractivity contribution in [1.82, 2.24) is 0 Å². The van der Waals surface area contributed by atoms with Gasteiger partial charge in [-0.1, -0.05) is 39.5 Å². The monoisotopic (exact) mass is 703 g/mol. The minimum absolute atomic E-state index is 0. The van der Waals surface area contributed by atoms with Gasteiger partial charge < -0.3 is 0 Å². The van der Waals surface area contributed by atoms with E-state index in [2.05, 4.69) is 46.5 Å². The molecule has 0 unspecified atom stereocenters. The van der Waals surface area contributed by atoms with Gasteiger partial charge in [0.2, 0.25) is 0 Å². The van der Waals surface area contributed by atoms with Crippen LogP contribution in [-0.2, 0) is 0 Å². The first-order valence-electron chi connectivity index (χ1n) is 20.8. The van der Waals surface area contributed by atoms with Crippen molar-refractivity contribution in [2.45, 2.75) is 234 Å². The van der Waals surface area contributed by atoms with Crippen LogP contribution in [-0.4, -0.2) is 24.6 Å². The summed E-state index contributed by atoms with van der Waals surface area (Å²) in [6.45, 7) is 10.2. The maximum atomic E-state index is 2.99. The van der Waals surface area contributed by atoms with Gasteiger partial charge in [0.15, 0.2) is 0 Å². The molecule has 0 saturated carbocycles. The van der Waals surface area contributed by atoms with Crippen LogP contribution in [0.5, 0.6) is 0 Å². The molecular formula is C42H88BrP. The zero-order valence-electron chi connectivity index (χ0n) is 31.8. The summed E-state index contributed by atoms with van der Waals surface area (Å²) in [4.78, 5) is 0. The summed E-state index contributed by atoms with van der Waals surface area (Å²) in [5, 5.41) is 0. The molecule has 0 amide bonds. The zero-order chi connectivity index (χ0) is 31.6. The Morgan fingerprint density at radius 2 is 0.545 bits per heavy atom. The summed E-state index contributed by atoms with van der Waals surface area (Å²) in [6, 6.07) is 0. The number of rotatable bonds is 36. The number of hydrogen-bond donors (Lipinski definition) is 0. The molecule has 0 radical (unpaired) electrons. The average Bonchev–Trinajstić information content (AvgIpc) is 3.03. The molecule has 0 aromatic rings. The Kier molecular flexibility index (Phi) is 37.2. The van der Waals surface area contributed by atoms with Crippen LogP contribution in [0.25, 0.3) is 0 Å². The Bertz CT molecular complexity index is 546. The van der Waals surface area contributed by atoms with Gasteiger partial charge in [0.25, 0.3) is 0 Å². The predicted octanol–water partition coefficient (Wildman–Crippen LogP) is 16.8. The van der Waals surface area contributed by atoms with E-state index in [9.17, 15) is 0 Å². The molecule has 0 N–H and O–H groups in total.